The van der Waals surface area contributed by atoms with Gasteiger partial charge in [-0.1, -0.05) is 169 Å². The van der Waals surface area contributed by atoms with Crippen LogP contribution in [0, 0.1) is 0 Å². The van der Waals surface area contributed by atoms with E-state index in [4.69, 9.17) is 23.2 Å². The number of rotatable bonds is 11. The van der Waals surface area contributed by atoms with Crippen molar-refractivity contribution in [3.63, 3.8) is 0 Å². The number of carbonyl (C=O) groups excluding carboxylic acids is 2. The van der Waals surface area contributed by atoms with Crippen molar-refractivity contribution in [2.75, 3.05) is 68.0 Å². The van der Waals surface area contributed by atoms with E-state index in [0.717, 1.165) is 84.0 Å². The Morgan fingerprint density at radius 2 is 0.910 bits per heavy atom. The molecule has 0 aliphatic carbocycles. The zero-order chi connectivity index (χ0) is 48.0. The molecule has 6 aromatic rings. The van der Waals surface area contributed by atoms with Gasteiger partial charge in [-0.15, -0.1) is 0 Å². The molecule has 352 valence electrons. The van der Waals surface area contributed by atoms with E-state index in [1.807, 2.05) is 160 Å². The second-order valence-corrected chi connectivity index (χ2v) is 19.2. The number of likely N-dealkylation sites (tertiary alicyclic amines) is 2. The van der Waals surface area contributed by atoms with Crippen molar-refractivity contribution >= 4 is 35.0 Å². The molecule has 0 saturated carbocycles. The molecule has 10 heteroatoms. The van der Waals surface area contributed by atoms with Crippen molar-refractivity contribution in [3.8, 4) is 0 Å². The van der Waals surface area contributed by atoms with E-state index >= 15 is 0 Å². The van der Waals surface area contributed by atoms with Crippen LogP contribution < -0.4 is 0 Å². The van der Waals surface area contributed by atoms with Crippen LogP contribution in [-0.4, -0.2) is 110 Å². The van der Waals surface area contributed by atoms with E-state index in [-0.39, 0.29) is 17.7 Å². The highest BCUT2D eigenvalue weighted by molar-refractivity contribution is 6.30. The van der Waals surface area contributed by atoms with Crippen LogP contribution in [0.2, 0.25) is 10.0 Å². The smallest absolute Gasteiger partial charge is 0.237 e. The zero-order valence-electron chi connectivity index (χ0n) is 39.6. The highest BCUT2D eigenvalue weighted by Crippen LogP contribution is 2.40. The maximum Gasteiger partial charge on any atom is 0.237 e. The fourth-order valence-electron chi connectivity index (χ4n) is 9.22. The molecule has 2 N–H and O–H groups in total. The summed E-state index contributed by atoms with van der Waals surface area (Å²) in [5, 5.41) is 23.1. The van der Waals surface area contributed by atoms with Crippen LogP contribution in [-0.2, 0) is 26.2 Å². The van der Waals surface area contributed by atoms with Gasteiger partial charge in [0.25, 0.3) is 0 Å². The number of aliphatic hydroxyl groups is 2. The highest BCUT2D eigenvalue weighted by atomic mass is 35.5. The first-order valence-electron chi connectivity index (χ1n) is 23.2. The van der Waals surface area contributed by atoms with Crippen molar-refractivity contribution in [2.24, 2.45) is 0 Å². The Labute approximate surface area is 408 Å². The first-order chi connectivity index (χ1) is 32.1. The largest absolute Gasteiger partial charge is 0.385 e. The Balaban J connectivity index is 0.000000187. The number of benzene rings is 6. The normalized spacial score (nSPS) is 15.9. The summed E-state index contributed by atoms with van der Waals surface area (Å²) < 4.78 is 0. The first-order valence-corrected chi connectivity index (χ1v) is 23.9. The predicted octanol–water partition coefficient (Wildman–Crippen LogP) is 10.2. The van der Waals surface area contributed by atoms with Gasteiger partial charge in [0.1, 0.15) is 5.41 Å². The maximum absolute atomic E-state index is 13.8. The minimum atomic E-state index is -0.837. The second kappa shape index (κ2) is 23.6. The number of carbonyl (C=O) groups is 2. The average molecular weight is 942 g/mol. The third-order valence-corrected chi connectivity index (χ3v) is 13.8. The van der Waals surface area contributed by atoms with Crippen molar-refractivity contribution in [1.82, 2.24) is 19.6 Å². The van der Waals surface area contributed by atoms with E-state index in [1.54, 1.807) is 23.9 Å². The summed E-state index contributed by atoms with van der Waals surface area (Å²) in [7, 11) is 9.33. The fraction of sp³-hybridized carbons (Fsp3) is 0.333. The monoisotopic (exact) mass is 940 g/mol. The van der Waals surface area contributed by atoms with Crippen LogP contribution in [0.3, 0.4) is 0 Å². The molecule has 2 fully saturated rings. The van der Waals surface area contributed by atoms with Crippen molar-refractivity contribution in [1.29, 1.82) is 0 Å². The van der Waals surface area contributed by atoms with Crippen LogP contribution in [0.5, 0.6) is 0 Å². The summed E-state index contributed by atoms with van der Waals surface area (Å²) >= 11 is 11.9. The van der Waals surface area contributed by atoms with E-state index < -0.39 is 16.6 Å². The van der Waals surface area contributed by atoms with Gasteiger partial charge in [0.2, 0.25) is 11.8 Å². The van der Waals surface area contributed by atoms with E-state index in [0.29, 0.717) is 24.3 Å². The minimum absolute atomic E-state index is 0.0829. The van der Waals surface area contributed by atoms with Gasteiger partial charge in [0, 0.05) is 64.4 Å². The van der Waals surface area contributed by atoms with Crippen molar-refractivity contribution in [3.05, 3.63) is 213 Å². The Morgan fingerprint density at radius 1 is 0.552 bits per heavy atom. The van der Waals surface area contributed by atoms with Gasteiger partial charge >= 0.3 is 0 Å². The third kappa shape index (κ3) is 13.0. The third-order valence-electron chi connectivity index (χ3n) is 13.3. The van der Waals surface area contributed by atoms with Crippen LogP contribution in [0.1, 0.15) is 71.4 Å². The van der Waals surface area contributed by atoms with Crippen LogP contribution in [0.4, 0.5) is 0 Å². The highest BCUT2D eigenvalue weighted by Gasteiger charge is 2.44. The van der Waals surface area contributed by atoms with Gasteiger partial charge in [-0.3, -0.25) is 9.59 Å². The molecule has 2 aliphatic heterocycles. The van der Waals surface area contributed by atoms with Gasteiger partial charge in [0.05, 0.1) is 17.1 Å². The zero-order valence-corrected chi connectivity index (χ0v) is 41.1. The lowest BCUT2D eigenvalue weighted by molar-refractivity contribution is -0.134. The molecule has 2 amide bonds. The molecule has 8 nitrogen and oxygen atoms in total. The van der Waals surface area contributed by atoms with E-state index in [2.05, 4.69) is 41.1 Å². The summed E-state index contributed by atoms with van der Waals surface area (Å²) in [4.78, 5) is 34.1. The first kappa shape index (κ1) is 51.1. The summed E-state index contributed by atoms with van der Waals surface area (Å²) in [5.74, 6) is -0.0330. The van der Waals surface area contributed by atoms with Crippen LogP contribution in [0.15, 0.2) is 170 Å². The number of halogens is 2. The molecule has 0 atom stereocenters. The topological polar surface area (TPSA) is 87.6 Å². The number of amides is 2. The molecule has 2 aliphatic rings. The van der Waals surface area contributed by atoms with Gasteiger partial charge in [0.15, 0.2) is 0 Å². The quantitative estimate of drug-likeness (QED) is 0.135. The number of hydrogen-bond acceptors (Lipinski definition) is 6. The number of piperidine rings is 2. The molecule has 2 saturated heterocycles. The molecule has 0 bridgehead atoms. The van der Waals surface area contributed by atoms with Gasteiger partial charge in [-0.25, -0.2) is 0 Å². The Kier molecular flexibility index (Phi) is 18.0. The number of likely N-dealkylation sites (N-methyl/N-ethyl adjacent to an activating group) is 2. The number of hydrogen-bond donors (Lipinski definition) is 2. The van der Waals surface area contributed by atoms with Gasteiger partial charge in [-0.05, 0) is 103 Å². The molecule has 0 radical (unpaired) electrons. The summed E-state index contributed by atoms with van der Waals surface area (Å²) in [5.41, 5.74) is 3.72. The standard InChI is InChI=1S/C29H33ClN2O2.C16H17NO.C12H16ClNO/c1-31(2)27(33)29(24-9-5-3-6-10-24,25-11-7-4-8-12-25)19-22-32-20-17-28(34,18-21-32)23-13-15-26(30)16-14-23;1-17(2)16(18)15(13-9-5-3-6-10-13)14-11-7-4-8-12-14;1-14-8-6-12(15,7-9-14)10-2-4-11(13)5-3-10/h3-16,34H,17-22H2,1-2H3;3-12,15H,1-2H3;2-5,15H,6-9H2,1H3. The molecule has 8 rings (SSSR count). The SMILES string of the molecule is CN(C)C(=O)C(CCN1CCC(O)(c2ccc(Cl)cc2)CC1)(c1ccccc1)c1ccccc1.CN(C)C(=O)C(c1ccccc1)c1ccccc1.CN1CCC(O)(c2ccc(Cl)cc2)CC1. The lowest BCUT2D eigenvalue weighted by Gasteiger charge is -2.41. The van der Waals surface area contributed by atoms with Crippen molar-refractivity contribution < 1.29 is 19.8 Å². The lowest BCUT2D eigenvalue weighted by Crippen LogP contribution is -2.48. The summed E-state index contributed by atoms with van der Waals surface area (Å²) in [6, 6.07) is 55.1. The fourth-order valence-corrected chi connectivity index (χ4v) is 9.47. The molecular weight excluding hydrogens is 876 g/mol. The van der Waals surface area contributed by atoms with E-state index in [1.165, 1.54) is 0 Å². The molecular formula is C57H66Cl2N4O4. The lowest BCUT2D eigenvalue weighted by atomic mass is 9.70. The summed E-state index contributed by atoms with van der Waals surface area (Å²) in [6.07, 6.45) is 3.56. The van der Waals surface area contributed by atoms with Gasteiger partial charge in [-0.2, -0.15) is 0 Å². The molecule has 0 aromatic heterocycles. The Morgan fingerprint density at radius 3 is 1.27 bits per heavy atom. The molecule has 0 spiro atoms. The Bertz CT molecular complexity index is 2340. The van der Waals surface area contributed by atoms with Crippen molar-refractivity contribution in [2.45, 2.75) is 54.6 Å². The number of nitrogens with zero attached hydrogens (tertiary/aromatic N) is 4. The Hall–Kier alpha value is -5.32. The molecule has 0 unspecified atom stereocenters. The van der Waals surface area contributed by atoms with E-state index in [9.17, 15) is 19.8 Å². The predicted molar refractivity (Wildman–Crippen MR) is 273 cm³/mol. The van der Waals surface area contributed by atoms with Gasteiger partial charge < -0.3 is 29.8 Å². The minimum Gasteiger partial charge on any atom is -0.385 e. The molecule has 67 heavy (non-hydrogen) atoms. The average Bonchev–Trinajstić information content (AvgIpc) is 3.35. The van der Waals surface area contributed by atoms with Crippen LogP contribution in [0.25, 0.3) is 0 Å². The molecule has 2 heterocycles. The molecule has 6 aromatic carbocycles. The summed E-state index contributed by atoms with van der Waals surface area (Å²) in [6.45, 7) is 4.20. The maximum atomic E-state index is 13.8. The van der Waals surface area contributed by atoms with Crippen LogP contribution >= 0.6 is 23.2 Å². The second-order valence-electron chi connectivity index (χ2n) is 18.3.